The Morgan fingerprint density at radius 2 is 1.73 bits per heavy atom. The minimum absolute atomic E-state index is 0.904. The second-order valence-electron chi connectivity index (χ2n) is 6.28. The fraction of sp³-hybridized carbons (Fsp3) is 0.143. The molecule has 4 rings (SSSR count). The van der Waals surface area contributed by atoms with Gasteiger partial charge in [0.2, 0.25) is 0 Å². The summed E-state index contributed by atoms with van der Waals surface area (Å²) in [6.45, 7) is 6.27. The monoisotopic (exact) mass is 377 g/mol. The van der Waals surface area contributed by atoms with Crippen LogP contribution in [0.4, 0.5) is 10.8 Å². The molecule has 130 valence electrons. The summed E-state index contributed by atoms with van der Waals surface area (Å²) in [6.07, 6.45) is 0. The fourth-order valence-electron chi connectivity index (χ4n) is 2.84. The normalized spacial score (nSPS) is 10.9. The van der Waals surface area contributed by atoms with Crippen molar-refractivity contribution in [2.45, 2.75) is 20.8 Å². The van der Waals surface area contributed by atoms with E-state index in [9.17, 15) is 0 Å². The van der Waals surface area contributed by atoms with Gasteiger partial charge < -0.3 is 5.32 Å². The standard InChI is InChI=1S/C21H19N3S2/c1-13-9-10-17(14(2)11-13)23-21-24-18(12-25-21)19-15(3)22-20(26-19)16-7-5-4-6-8-16/h4-12H,1-3H3,(H,23,24). The van der Waals surface area contributed by atoms with Gasteiger partial charge in [0.25, 0.3) is 0 Å². The van der Waals surface area contributed by atoms with Crippen LogP contribution in [0.1, 0.15) is 16.8 Å². The Hall–Kier alpha value is -2.50. The van der Waals surface area contributed by atoms with E-state index in [1.54, 1.807) is 22.7 Å². The second-order valence-corrected chi connectivity index (χ2v) is 8.14. The minimum Gasteiger partial charge on any atom is -0.331 e. The van der Waals surface area contributed by atoms with Gasteiger partial charge in [-0.05, 0) is 32.4 Å². The van der Waals surface area contributed by atoms with Crippen LogP contribution in [0.15, 0.2) is 53.9 Å². The number of hydrogen-bond donors (Lipinski definition) is 1. The number of aryl methyl sites for hydroxylation is 3. The number of aromatic nitrogens is 2. The largest absolute Gasteiger partial charge is 0.331 e. The van der Waals surface area contributed by atoms with Crippen LogP contribution >= 0.6 is 22.7 Å². The van der Waals surface area contributed by atoms with Gasteiger partial charge >= 0.3 is 0 Å². The van der Waals surface area contributed by atoms with Crippen molar-refractivity contribution < 1.29 is 0 Å². The predicted molar refractivity (Wildman–Crippen MR) is 113 cm³/mol. The number of nitrogens with zero attached hydrogens (tertiary/aromatic N) is 2. The van der Waals surface area contributed by atoms with Crippen LogP contribution in [0.5, 0.6) is 0 Å². The van der Waals surface area contributed by atoms with Crippen molar-refractivity contribution in [1.82, 2.24) is 9.97 Å². The van der Waals surface area contributed by atoms with E-state index in [4.69, 9.17) is 9.97 Å². The van der Waals surface area contributed by atoms with Gasteiger partial charge in [-0.1, -0.05) is 48.0 Å². The Kier molecular flexibility index (Phi) is 4.57. The maximum atomic E-state index is 4.78. The molecule has 5 heteroatoms. The summed E-state index contributed by atoms with van der Waals surface area (Å²) in [5.74, 6) is 0. The zero-order valence-electron chi connectivity index (χ0n) is 14.9. The summed E-state index contributed by atoms with van der Waals surface area (Å²) in [4.78, 5) is 10.7. The van der Waals surface area contributed by atoms with Crippen molar-refractivity contribution in [2.75, 3.05) is 5.32 Å². The molecule has 1 N–H and O–H groups in total. The van der Waals surface area contributed by atoms with Gasteiger partial charge in [-0.3, -0.25) is 0 Å². The molecule has 0 spiro atoms. The van der Waals surface area contributed by atoms with Crippen LogP contribution in [0.3, 0.4) is 0 Å². The summed E-state index contributed by atoms with van der Waals surface area (Å²) in [5.41, 5.74) is 6.75. The van der Waals surface area contributed by atoms with Gasteiger partial charge in [-0.15, -0.1) is 22.7 Å². The maximum absolute atomic E-state index is 4.78. The first-order valence-electron chi connectivity index (χ1n) is 8.43. The Bertz CT molecular complexity index is 1050. The van der Waals surface area contributed by atoms with Crippen LogP contribution in [0, 0.1) is 20.8 Å². The van der Waals surface area contributed by atoms with Crippen molar-refractivity contribution in [3.8, 4) is 21.1 Å². The molecule has 0 aliphatic rings. The number of rotatable bonds is 4. The van der Waals surface area contributed by atoms with Crippen molar-refractivity contribution in [3.05, 3.63) is 70.7 Å². The molecule has 0 bridgehead atoms. The summed E-state index contributed by atoms with van der Waals surface area (Å²) < 4.78 is 0. The Morgan fingerprint density at radius 3 is 2.50 bits per heavy atom. The summed E-state index contributed by atoms with van der Waals surface area (Å²) in [5, 5.41) is 7.48. The molecule has 4 aromatic rings. The quantitative estimate of drug-likeness (QED) is 0.435. The molecule has 0 saturated carbocycles. The average molecular weight is 378 g/mol. The van der Waals surface area contributed by atoms with Crippen molar-refractivity contribution >= 4 is 33.5 Å². The SMILES string of the molecule is Cc1ccc(Nc2nc(-c3sc(-c4ccccc4)nc3C)cs2)c(C)c1. The molecular weight excluding hydrogens is 358 g/mol. The van der Waals surface area contributed by atoms with E-state index in [0.717, 1.165) is 37.7 Å². The minimum atomic E-state index is 0.904. The topological polar surface area (TPSA) is 37.8 Å². The van der Waals surface area contributed by atoms with Gasteiger partial charge in [0.15, 0.2) is 5.13 Å². The lowest BCUT2D eigenvalue weighted by Crippen LogP contribution is -1.93. The number of anilines is 2. The van der Waals surface area contributed by atoms with E-state index in [2.05, 4.69) is 61.8 Å². The first-order valence-corrected chi connectivity index (χ1v) is 10.1. The lowest BCUT2D eigenvalue weighted by Gasteiger charge is -2.07. The summed E-state index contributed by atoms with van der Waals surface area (Å²) in [6, 6.07) is 16.7. The molecule has 0 aliphatic heterocycles. The van der Waals surface area contributed by atoms with Gasteiger partial charge in [0.1, 0.15) is 5.01 Å². The Labute approximate surface area is 161 Å². The van der Waals surface area contributed by atoms with E-state index in [-0.39, 0.29) is 0 Å². The molecule has 0 fully saturated rings. The van der Waals surface area contributed by atoms with Gasteiger partial charge in [0, 0.05) is 16.6 Å². The first-order chi connectivity index (χ1) is 12.6. The lowest BCUT2D eigenvalue weighted by atomic mass is 10.1. The van der Waals surface area contributed by atoms with E-state index < -0.39 is 0 Å². The molecule has 2 aromatic heterocycles. The second kappa shape index (κ2) is 7.02. The zero-order valence-corrected chi connectivity index (χ0v) is 16.5. The molecule has 0 radical (unpaired) electrons. The molecule has 2 heterocycles. The molecule has 3 nitrogen and oxygen atoms in total. The third kappa shape index (κ3) is 3.41. The highest BCUT2D eigenvalue weighted by Crippen LogP contribution is 2.37. The smallest absolute Gasteiger partial charge is 0.187 e. The number of thiazole rings is 2. The average Bonchev–Trinajstić information content (AvgIpc) is 3.24. The lowest BCUT2D eigenvalue weighted by molar-refractivity contribution is 1.26. The highest BCUT2D eigenvalue weighted by Gasteiger charge is 2.14. The van der Waals surface area contributed by atoms with Crippen molar-refractivity contribution in [2.24, 2.45) is 0 Å². The Balaban J connectivity index is 1.61. The molecule has 0 saturated heterocycles. The van der Waals surface area contributed by atoms with E-state index in [0.29, 0.717) is 0 Å². The highest BCUT2D eigenvalue weighted by atomic mass is 32.1. The maximum Gasteiger partial charge on any atom is 0.187 e. The van der Waals surface area contributed by atoms with Crippen molar-refractivity contribution in [1.29, 1.82) is 0 Å². The molecule has 26 heavy (non-hydrogen) atoms. The molecule has 0 unspecified atom stereocenters. The van der Waals surface area contributed by atoms with Crippen LogP contribution < -0.4 is 5.32 Å². The predicted octanol–water partition coefficient (Wildman–Crippen LogP) is 6.60. The third-order valence-corrected chi connectivity index (χ3v) is 6.16. The molecule has 0 aliphatic carbocycles. The van der Waals surface area contributed by atoms with Gasteiger partial charge in [-0.2, -0.15) is 0 Å². The summed E-state index contributed by atoms with van der Waals surface area (Å²) >= 11 is 3.32. The van der Waals surface area contributed by atoms with Crippen LogP contribution in [0.2, 0.25) is 0 Å². The molecule has 0 atom stereocenters. The number of hydrogen-bond acceptors (Lipinski definition) is 5. The number of benzene rings is 2. The van der Waals surface area contributed by atoms with Crippen LogP contribution in [-0.2, 0) is 0 Å². The third-order valence-electron chi connectivity index (χ3n) is 4.18. The fourth-order valence-corrected chi connectivity index (χ4v) is 4.66. The zero-order chi connectivity index (χ0) is 18.1. The number of nitrogens with one attached hydrogen (secondary N) is 1. The van der Waals surface area contributed by atoms with Crippen molar-refractivity contribution in [3.63, 3.8) is 0 Å². The molecule has 2 aromatic carbocycles. The highest BCUT2D eigenvalue weighted by molar-refractivity contribution is 7.19. The Morgan fingerprint density at radius 1 is 0.923 bits per heavy atom. The van der Waals surface area contributed by atoms with E-state index in [1.807, 2.05) is 18.2 Å². The summed E-state index contributed by atoms with van der Waals surface area (Å²) in [7, 11) is 0. The van der Waals surface area contributed by atoms with E-state index in [1.165, 1.54) is 11.1 Å². The van der Waals surface area contributed by atoms with Crippen LogP contribution in [0.25, 0.3) is 21.1 Å². The van der Waals surface area contributed by atoms with E-state index >= 15 is 0 Å². The first kappa shape index (κ1) is 16.9. The van der Waals surface area contributed by atoms with Crippen LogP contribution in [-0.4, -0.2) is 9.97 Å². The molecular formula is C21H19N3S2. The van der Waals surface area contributed by atoms with Gasteiger partial charge in [-0.25, -0.2) is 9.97 Å². The van der Waals surface area contributed by atoms with Gasteiger partial charge in [0.05, 0.1) is 16.3 Å². The molecule has 0 amide bonds.